The van der Waals surface area contributed by atoms with Crippen LogP contribution in [0.3, 0.4) is 0 Å². The largest absolute Gasteiger partial charge is 0.450 e. The number of hydrogen-bond donors (Lipinski definition) is 1. The zero-order chi connectivity index (χ0) is 21.3. The van der Waals surface area contributed by atoms with Crippen molar-refractivity contribution in [1.82, 2.24) is 14.8 Å². The van der Waals surface area contributed by atoms with Gasteiger partial charge in [0.2, 0.25) is 0 Å². The van der Waals surface area contributed by atoms with Gasteiger partial charge in [0, 0.05) is 42.2 Å². The van der Waals surface area contributed by atoms with Gasteiger partial charge < -0.3 is 20.3 Å². The quantitative estimate of drug-likeness (QED) is 0.656. The molecule has 2 aromatic heterocycles. The van der Waals surface area contributed by atoms with Crippen LogP contribution >= 0.6 is 22.9 Å². The van der Waals surface area contributed by atoms with Gasteiger partial charge in [0.05, 0.1) is 18.0 Å². The third kappa shape index (κ3) is 3.93. The maximum Gasteiger partial charge on any atom is 0.409 e. The van der Waals surface area contributed by atoms with Crippen LogP contribution in [0.25, 0.3) is 21.5 Å². The molecule has 4 rings (SSSR count). The molecule has 1 fully saturated rings. The second-order valence-corrected chi connectivity index (χ2v) is 8.31. The Bertz CT molecular complexity index is 1090. The molecule has 3 heterocycles. The van der Waals surface area contributed by atoms with E-state index in [4.69, 9.17) is 27.1 Å². The first-order valence-electron chi connectivity index (χ1n) is 9.64. The Morgan fingerprint density at radius 3 is 2.43 bits per heavy atom. The fourth-order valence-electron chi connectivity index (χ4n) is 3.39. The summed E-state index contributed by atoms with van der Waals surface area (Å²) in [5.41, 5.74) is 8.47. The summed E-state index contributed by atoms with van der Waals surface area (Å²) in [5.74, 6) is -0.132. The SMILES string of the molecule is CCOC(=O)N1CCN(C(=O)c2sc3nc(-c4ccc(Cl)cc4)ccc3c2N)CC1. The maximum absolute atomic E-state index is 13.1. The number of ether oxygens (including phenoxy) is 1. The van der Waals surface area contributed by atoms with Gasteiger partial charge in [-0.1, -0.05) is 23.7 Å². The molecule has 2 N–H and O–H groups in total. The number of thiophene rings is 1. The van der Waals surface area contributed by atoms with Gasteiger partial charge in [-0.3, -0.25) is 4.79 Å². The van der Waals surface area contributed by atoms with Crippen molar-refractivity contribution in [3.8, 4) is 11.3 Å². The number of anilines is 1. The highest BCUT2D eigenvalue weighted by molar-refractivity contribution is 7.21. The van der Waals surface area contributed by atoms with Crippen molar-refractivity contribution in [2.24, 2.45) is 0 Å². The zero-order valence-corrected chi connectivity index (χ0v) is 18.0. The smallest absolute Gasteiger partial charge is 0.409 e. The van der Waals surface area contributed by atoms with E-state index in [-0.39, 0.29) is 12.0 Å². The summed E-state index contributed by atoms with van der Waals surface area (Å²) in [5, 5.41) is 1.43. The molecule has 1 aliphatic rings. The van der Waals surface area contributed by atoms with Crippen LogP contribution in [0.4, 0.5) is 10.5 Å². The lowest BCUT2D eigenvalue weighted by Crippen LogP contribution is -2.50. The molecule has 0 atom stereocenters. The molecule has 3 aromatic rings. The van der Waals surface area contributed by atoms with Gasteiger partial charge in [0.1, 0.15) is 9.71 Å². The predicted octanol–water partition coefficient (Wildman–Crippen LogP) is 4.11. The molecule has 1 aromatic carbocycles. The van der Waals surface area contributed by atoms with E-state index < -0.39 is 0 Å². The summed E-state index contributed by atoms with van der Waals surface area (Å²) < 4.78 is 5.02. The standard InChI is InChI=1S/C21H21ClN4O3S/c1-2-29-21(28)26-11-9-25(10-12-26)20(27)18-17(23)15-7-8-16(24-19(15)30-18)13-3-5-14(22)6-4-13/h3-8H,2,9-12,23H2,1H3. The summed E-state index contributed by atoms with van der Waals surface area (Å²) in [6.45, 7) is 3.86. The number of nitrogen functional groups attached to an aromatic ring is 1. The molecule has 0 bridgehead atoms. The normalized spacial score (nSPS) is 14.2. The van der Waals surface area contributed by atoms with Crippen LogP contribution in [0.2, 0.25) is 5.02 Å². The number of halogens is 1. The third-order valence-electron chi connectivity index (χ3n) is 5.02. The van der Waals surface area contributed by atoms with Crippen molar-refractivity contribution in [2.75, 3.05) is 38.5 Å². The first-order valence-corrected chi connectivity index (χ1v) is 10.8. The highest BCUT2D eigenvalue weighted by atomic mass is 35.5. The van der Waals surface area contributed by atoms with Crippen molar-refractivity contribution in [1.29, 1.82) is 0 Å². The molecule has 0 spiro atoms. The number of carbonyl (C=O) groups excluding carboxylic acids is 2. The molecule has 0 aliphatic carbocycles. The van der Waals surface area contributed by atoms with E-state index >= 15 is 0 Å². The fraction of sp³-hybridized carbons (Fsp3) is 0.286. The Labute approximate surface area is 183 Å². The van der Waals surface area contributed by atoms with Gasteiger partial charge in [-0.15, -0.1) is 11.3 Å². The molecule has 156 valence electrons. The molecule has 0 saturated carbocycles. The topological polar surface area (TPSA) is 88.8 Å². The van der Waals surface area contributed by atoms with Crippen molar-refractivity contribution >= 4 is 50.8 Å². The van der Waals surface area contributed by atoms with E-state index in [2.05, 4.69) is 0 Å². The first kappa shape index (κ1) is 20.4. The van der Waals surface area contributed by atoms with E-state index in [9.17, 15) is 9.59 Å². The number of carbonyl (C=O) groups is 2. The lowest BCUT2D eigenvalue weighted by atomic mass is 10.1. The number of benzene rings is 1. The Morgan fingerprint density at radius 2 is 1.77 bits per heavy atom. The number of pyridine rings is 1. The molecular weight excluding hydrogens is 424 g/mol. The second kappa shape index (κ2) is 8.49. The number of piperazine rings is 1. The minimum Gasteiger partial charge on any atom is -0.450 e. The molecule has 9 heteroatoms. The molecule has 1 saturated heterocycles. The number of nitrogens with zero attached hydrogens (tertiary/aromatic N) is 3. The van der Waals surface area contributed by atoms with E-state index in [1.807, 2.05) is 36.4 Å². The van der Waals surface area contributed by atoms with Crippen molar-refractivity contribution in [2.45, 2.75) is 6.92 Å². The summed E-state index contributed by atoms with van der Waals surface area (Å²) in [6.07, 6.45) is -0.343. The zero-order valence-electron chi connectivity index (χ0n) is 16.4. The minimum absolute atomic E-state index is 0.132. The number of aromatic nitrogens is 1. The van der Waals surface area contributed by atoms with Crippen LogP contribution in [0, 0.1) is 0 Å². The number of nitrogens with two attached hydrogens (primary N) is 1. The lowest BCUT2D eigenvalue weighted by molar-refractivity contribution is 0.0575. The highest BCUT2D eigenvalue weighted by Crippen LogP contribution is 2.35. The van der Waals surface area contributed by atoms with Crippen molar-refractivity contribution in [3.63, 3.8) is 0 Å². The van der Waals surface area contributed by atoms with Gasteiger partial charge >= 0.3 is 6.09 Å². The van der Waals surface area contributed by atoms with Crippen LogP contribution < -0.4 is 5.73 Å². The van der Waals surface area contributed by atoms with E-state index in [0.29, 0.717) is 53.2 Å². The van der Waals surface area contributed by atoms with E-state index in [1.54, 1.807) is 16.7 Å². The van der Waals surface area contributed by atoms with Gasteiger partial charge in [-0.25, -0.2) is 9.78 Å². The van der Waals surface area contributed by atoms with Crippen LogP contribution in [-0.4, -0.2) is 59.6 Å². The number of amides is 2. The Kier molecular flexibility index (Phi) is 5.78. The summed E-state index contributed by atoms with van der Waals surface area (Å²) in [7, 11) is 0. The summed E-state index contributed by atoms with van der Waals surface area (Å²) in [6, 6.07) is 11.2. The molecule has 7 nitrogen and oxygen atoms in total. The predicted molar refractivity (Wildman–Crippen MR) is 119 cm³/mol. The van der Waals surface area contributed by atoms with Crippen LogP contribution in [0.5, 0.6) is 0 Å². The Hall–Kier alpha value is -2.84. The van der Waals surface area contributed by atoms with Crippen LogP contribution in [0.15, 0.2) is 36.4 Å². The summed E-state index contributed by atoms with van der Waals surface area (Å²) >= 11 is 7.26. The third-order valence-corrected chi connectivity index (χ3v) is 6.38. The molecule has 2 amide bonds. The highest BCUT2D eigenvalue weighted by Gasteiger charge is 2.28. The fourth-order valence-corrected chi connectivity index (χ4v) is 4.58. The monoisotopic (exact) mass is 444 g/mol. The van der Waals surface area contributed by atoms with Gasteiger partial charge in [0.25, 0.3) is 5.91 Å². The van der Waals surface area contributed by atoms with Crippen LogP contribution in [0.1, 0.15) is 16.6 Å². The maximum atomic E-state index is 13.1. The lowest BCUT2D eigenvalue weighted by Gasteiger charge is -2.33. The van der Waals surface area contributed by atoms with Gasteiger partial charge in [0.15, 0.2) is 0 Å². The van der Waals surface area contributed by atoms with Gasteiger partial charge in [-0.05, 0) is 31.2 Å². The molecule has 0 radical (unpaired) electrons. The Balaban J connectivity index is 1.54. The number of fused-ring (bicyclic) bond motifs is 1. The molecule has 30 heavy (non-hydrogen) atoms. The van der Waals surface area contributed by atoms with E-state index in [0.717, 1.165) is 16.6 Å². The average molecular weight is 445 g/mol. The summed E-state index contributed by atoms with van der Waals surface area (Å²) in [4.78, 5) is 34.1. The van der Waals surface area contributed by atoms with Crippen molar-refractivity contribution in [3.05, 3.63) is 46.3 Å². The molecule has 0 unspecified atom stereocenters. The van der Waals surface area contributed by atoms with E-state index in [1.165, 1.54) is 11.3 Å². The van der Waals surface area contributed by atoms with Crippen LogP contribution in [-0.2, 0) is 4.74 Å². The first-order chi connectivity index (χ1) is 14.5. The number of hydrogen-bond acceptors (Lipinski definition) is 6. The Morgan fingerprint density at radius 1 is 1.10 bits per heavy atom. The minimum atomic E-state index is -0.343. The average Bonchev–Trinajstić information content (AvgIpc) is 3.10. The number of rotatable bonds is 3. The second-order valence-electron chi connectivity index (χ2n) is 6.88. The molecular formula is C21H21ClN4O3S. The molecule has 1 aliphatic heterocycles. The van der Waals surface area contributed by atoms with Gasteiger partial charge in [-0.2, -0.15) is 0 Å². The van der Waals surface area contributed by atoms with Crippen molar-refractivity contribution < 1.29 is 14.3 Å².